The molecule has 0 aliphatic heterocycles. The van der Waals surface area contributed by atoms with E-state index < -0.39 is 0 Å². The number of hydrogen-bond donors (Lipinski definition) is 1. The summed E-state index contributed by atoms with van der Waals surface area (Å²) in [6, 6.07) is 6.17. The van der Waals surface area contributed by atoms with Crippen LogP contribution in [-0.4, -0.2) is 34.7 Å². The van der Waals surface area contributed by atoms with Crippen molar-refractivity contribution in [3.05, 3.63) is 30.1 Å². The summed E-state index contributed by atoms with van der Waals surface area (Å²) in [6.07, 6.45) is 5.06. The molecule has 0 unspecified atom stereocenters. The lowest BCUT2D eigenvalue weighted by atomic mass is 9.87. The Labute approximate surface area is 115 Å². The molecule has 1 aromatic rings. The van der Waals surface area contributed by atoms with Crippen molar-refractivity contribution < 1.29 is 5.11 Å². The van der Waals surface area contributed by atoms with Gasteiger partial charge in [-0.1, -0.05) is 19.9 Å². The summed E-state index contributed by atoms with van der Waals surface area (Å²) < 4.78 is 0. The fourth-order valence-electron chi connectivity index (χ4n) is 2.18. The number of aliphatic hydroxyl groups excluding tert-OH is 1. The molecule has 0 saturated heterocycles. The van der Waals surface area contributed by atoms with Gasteiger partial charge in [0.1, 0.15) is 0 Å². The molecule has 1 aromatic heterocycles. The van der Waals surface area contributed by atoms with Crippen LogP contribution in [0.4, 0.5) is 0 Å². The van der Waals surface area contributed by atoms with Gasteiger partial charge < -0.3 is 5.11 Å². The molecule has 1 rings (SSSR count). The Morgan fingerprint density at radius 1 is 1.47 bits per heavy atom. The lowest BCUT2D eigenvalue weighted by Crippen LogP contribution is -2.35. The van der Waals surface area contributed by atoms with Crippen LogP contribution >= 0.6 is 0 Å². The highest BCUT2D eigenvalue weighted by molar-refractivity contribution is 5.08. The van der Waals surface area contributed by atoms with Crippen LogP contribution < -0.4 is 0 Å². The van der Waals surface area contributed by atoms with Gasteiger partial charge in [-0.15, -0.1) is 0 Å². The van der Waals surface area contributed by atoms with E-state index in [0.717, 1.165) is 25.1 Å². The Bertz CT molecular complexity index is 398. The highest BCUT2D eigenvalue weighted by Gasteiger charge is 2.21. The lowest BCUT2D eigenvalue weighted by Gasteiger charge is -2.32. The fourth-order valence-corrected chi connectivity index (χ4v) is 2.18. The molecule has 0 bridgehead atoms. The van der Waals surface area contributed by atoms with Crippen molar-refractivity contribution in [1.82, 2.24) is 9.88 Å². The summed E-state index contributed by atoms with van der Waals surface area (Å²) >= 11 is 0. The molecule has 0 aliphatic carbocycles. The van der Waals surface area contributed by atoms with Crippen molar-refractivity contribution in [2.75, 3.05) is 19.7 Å². The van der Waals surface area contributed by atoms with Crippen LogP contribution in [0.1, 0.15) is 32.3 Å². The molecule has 4 nitrogen and oxygen atoms in total. The zero-order valence-corrected chi connectivity index (χ0v) is 11.8. The normalized spacial score (nSPS) is 11.5. The van der Waals surface area contributed by atoms with Gasteiger partial charge in [0.25, 0.3) is 0 Å². The van der Waals surface area contributed by atoms with E-state index in [0.29, 0.717) is 13.0 Å². The highest BCUT2D eigenvalue weighted by atomic mass is 16.3. The molecule has 1 heterocycles. The fraction of sp³-hybridized carbons (Fsp3) is 0.600. The number of aliphatic hydroxyl groups is 1. The quantitative estimate of drug-likeness (QED) is 0.779. The molecular formula is C15H23N3O. The maximum absolute atomic E-state index is 9.18. The van der Waals surface area contributed by atoms with Crippen LogP contribution in [0.2, 0.25) is 0 Å². The van der Waals surface area contributed by atoms with E-state index in [1.54, 1.807) is 6.20 Å². The first kappa shape index (κ1) is 15.6. The summed E-state index contributed by atoms with van der Waals surface area (Å²) in [5.41, 5.74) is 1.22. The Balaban J connectivity index is 2.60. The van der Waals surface area contributed by atoms with Gasteiger partial charge in [0.05, 0.1) is 12.7 Å². The molecule has 4 heteroatoms. The minimum Gasteiger partial charge on any atom is -0.395 e. The van der Waals surface area contributed by atoms with Gasteiger partial charge in [0.2, 0.25) is 0 Å². The lowest BCUT2D eigenvalue weighted by molar-refractivity contribution is 0.133. The zero-order chi connectivity index (χ0) is 14.1. The number of nitrogens with zero attached hydrogens (tertiary/aromatic N) is 3. The predicted molar refractivity (Wildman–Crippen MR) is 75.2 cm³/mol. The number of pyridine rings is 1. The summed E-state index contributed by atoms with van der Waals surface area (Å²) in [5.74, 6) is 0. The third-order valence-electron chi connectivity index (χ3n) is 3.11. The number of aromatic nitrogens is 1. The maximum atomic E-state index is 9.18. The number of rotatable bonds is 8. The van der Waals surface area contributed by atoms with E-state index in [9.17, 15) is 5.11 Å². The smallest absolute Gasteiger partial charge is 0.0621 e. The molecule has 0 spiro atoms. The van der Waals surface area contributed by atoms with Gasteiger partial charge in [-0.2, -0.15) is 5.26 Å². The molecule has 0 fully saturated rings. The summed E-state index contributed by atoms with van der Waals surface area (Å²) in [6.45, 7) is 6.77. The van der Waals surface area contributed by atoms with E-state index in [4.69, 9.17) is 5.26 Å². The summed E-state index contributed by atoms with van der Waals surface area (Å²) in [5, 5.41) is 17.9. The largest absolute Gasteiger partial charge is 0.395 e. The monoisotopic (exact) mass is 261 g/mol. The topological polar surface area (TPSA) is 60.2 Å². The second-order valence-electron chi connectivity index (χ2n) is 5.62. The van der Waals surface area contributed by atoms with Crippen LogP contribution in [0.25, 0.3) is 0 Å². The van der Waals surface area contributed by atoms with Crippen LogP contribution in [0.15, 0.2) is 24.5 Å². The minimum absolute atomic E-state index is 0.0765. The first-order valence-electron chi connectivity index (χ1n) is 6.66. The van der Waals surface area contributed by atoms with Crippen molar-refractivity contribution in [3.63, 3.8) is 0 Å². The van der Waals surface area contributed by atoms with E-state index in [-0.39, 0.29) is 12.0 Å². The summed E-state index contributed by atoms with van der Waals surface area (Å²) in [4.78, 5) is 6.33. The van der Waals surface area contributed by atoms with Crippen LogP contribution in [0.5, 0.6) is 0 Å². The van der Waals surface area contributed by atoms with Gasteiger partial charge >= 0.3 is 0 Å². The van der Waals surface area contributed by atoms with Crippen molar-refractivity contribution in [2.45, 2.75) is 33.2 Å². The SMILES string of the molecule is CC(C)(CCC#N)CN(CCO)Cc1cccnc1. The standard InChI is InChI=1S/C15H23N3O/c1-15(2,6-4-7-16)13-18(9-10-19)12-14-5-3-8-17-11-14/h3,5,8,11,19H,4,6,9-10,12-13H2,1-2H3. The molecule has 0 aromatic carbocycles. The van der Waals surface area contributed by atoms with Crippen LogP contribution in [0, 0.1) is 16.7 Å². The molecule has 0 saturated carbocycles. The van der Waals surface area contributed by atoms with Gasteiger partial charge in [0.15, 0.2) is 0 Å². The highest BCUT2D eigenvalue weighted by Crippen LogP contribution is 2.24. The first-order valence-corrected chi connectivity index (χ1v) is 6.66. The Hall–Kier alpha value is -1.44. The Morgan fingerprint density at radius 2 is 2.26 bits per heavy atom. The average molecular weight is 261 g/mol. The third kappa shape index (κ3) is 6.32. The van der Waals surface area contributed by atoms with E-state index in [2.05, 4.69) is 29.8 Å². The van der Waals surface area contributed by atoms with Gasteiger partial charge in [-0.3, -0.25) is 9.88 Å². The Kier molecular flexibility index (Phi) is 6.48. The second-order valence-corrected chi connectivity index (χ2v) is 5.62. The number of nitriles is 1. The molecule has 0 radical (unpaired) electrons. The molecule has 0 aliphatic rings. The van der Waals surface area contributed by atoms with E-state index in [1.807, 2.05) is 18.3 Å². The summed E-state index contributed by atoms with van der Waals surface area (Å²) in [7, 11) is 0. The van der Waals surface area contributed by atoms with E-state index >= 15 is 0 Å². The maximum Gasteiger partial charge on any atom is 0.0621 e. The molecule has 19 heavy (non-hydrogen) atoms. The predicted octanol–water partition coefficient (Wildman–Crippen LogP) is 2.21. The average Bonchev–Trinajstić information content (AvgIpc) is 2.37. The molecular weight excluding hydrogens is 238 g/mol. The van der Waals surface area contributed by atoms with E-state index in [1.165, 1.54) is 0 Å². The van der Waals surface area contributed by atoms with Crippen molar-refractivity contribution in [1.29, 1.82) is 5.26 Å². The second kappa shape index (κ2) is 7.88. The van der Waals surface area contributed by atoms with Crippen molar-refractivity contribution in [2.24, 2.45) is 5.41 Å². The van der Waals surface area contributed by atoms with Gasteiger partial charge in [-0.25, -0.2) is 0 Å². The third-order valence-corrected chi connectivity index (χ3v) is 3.11. The van der Waals surface area contributed by atoms with Crippen molar-refractivity contribution in [3.8, 4) is 6.07 Å². The zero-order valence-electron chi connectivity index (χ0n) is 11.8. The number of hydrogen-bond acceptors (Lipinski definition) is 4. The van der Waals surface area contributed by atoms with Crippen LogP contribution in [0.3, 0.4) is 0 Å². The molecule has 1 N–H and O–H groups in total. The van der Waals surface area contributed by atoms with Gasteiger partial charge in [0, 0.05) is 38.4 Å². The van der Waals surface area contributed by atoms with Crippen LogP contribution in [-0.2, 0) is 6.54 Å². The molecule has 104 valence electrons. The van der Waals surface area contributed by atoms with Crippen molar-refractivity contribution >= 4 is 0 Å². The molecule has 0 amide bonds. The Morgan fingerprint density at radius 3 is 2.84 bits per heavy atom. The minimum atomic E-state index is 0.0765. The first-order chi connectivity index (χ1) is 9.07. The van der Waals surface area contributed by atoms with Gasteiger partial charge in [-0.05, 0) is 23.5 Å². The molecule has 0 atom stereocenters.